The Bertz CT molecular complexity index is 1300. The summed E-state index contributed by atoms with van der Waals surface area (Å²) in [6.07, 6.45) is 0.659. The van der Waals surface area contributed by atoms with Gasteiger partial charge in [0.05, 0.1) is 26.0 Å². The van der Waals surface area contributed by atoms with Gasteiger partial charge in [-0.1, -0.05) is 30.3 Å². The molecule has 4 rings (SSSR count). The molecule has 0 bridgehead atoms. The van der Waals surface area contributed by atoms with Gasteiger partial charge in [-0.25, -0.2) is 9.78 Å². The lowest BCUT2D eigenvalue weighted by atomic mass is 10.2. The Kier molecular flexibility index (Phi) is 8.54. The van der Waals surface area contributed by atoms with Gasteiger partial charge < -0.3 is 23.4 Å². The molecule has 8 nitrogen and oxygen atoms in total. The third-order valence-electron chi connectivity index (χ3n) is 5.64. The van der Waals surface area contributed by atoms with Crippen molar-refractivity contribution >= 4 is 12.4 Å². The van der Waals surface area contributed by atoms with E-state index in [4.69, 9.17) is 18.6 Å². The van der Waals surface area contributed by atoms with Crippen molar-refractivity contribution in [3.05, 3.63) is 95.9 Å². The fourth-order valence-corrected chi connectivity index (χ4v) is 3.64. The summed E-state index contributed by atoms with van der Waals surface area (Å²) < 4.78 is 22.2. The first kappa shape index (κ1) is 25.5. The number of oxazole rings is 1. The largest absolute Gasteiger partial charge is 0.497 e. The van der Waals surface area contributed by atoms with Crippen molar-refractivity contribution in [3.8, 4) is 28.7 Å². The zero-order valence-electron chi connectivity index (χ0n) is 20.8. The van der Waals surface area contributed by atoms with E-state index >= 15 is 0 Å². The predicted molar refractivity (Wildman–Crippen MR) is 138 cm³/mol. The molecule has 0 saturated carbocycles. The number of aldehydes is 1. The van der Waals surface area contributed by atoms with Crippen molar-refractivity contribution in [2.24, 2.45) is 0 Å². The Morgan fingerprint density at radius 1 is 0.946 bits per heavy atom. The highest BCUT2D eigenvalue weighted by Gasteiger charge is 2.16. The quantitative estimate of drug-likeness (QED) is 0.252. The van der Waals surface area contributed by atoms with Gasteiger partial charge in [-0.2, -0.15) is 0 Å². The number of carbonyl (C=O) groups is 2. The first-order valence-corrected chi connectivity index (χ1v) is 11.8. The number of nitrogens with zero attached hydrogens (tertiary/aromatic N) is 2. The van der Waals surface area contributed by atoms with Crippen LogP contribution in [0.4, 0.5) is 4.79 Å². The van der Waals surface area contributed by atoms with Crippen LogP contribution >= 0.6 is 0 Å². The number of carbonyl (C=O) groups excluding carboxylic acids is 2. The lowest BCUT2D eigenvalue weighted by Crippen LogP contribution is -2.34. The molecule has 0 atom stereocenters. The maximum absolute atomic E-state index is 12.6. The van der Waals surface area contributed by atoms with Crippen LogP contribution in [0, 0.1) is 6.92 Å². The van der Waals surface area contributed by atoms with Crippen molar-refractivity contribution in [1.82, 2.24) is 9.88 Å². The zero-order valence-corrected chi connectivity index (χ0v) is 20.8. The average molecular weight is 501 g/mol. The van der Waals surface area contributed by atoms with Gasteiger partial charge in [-0.05, 0) is 61.0 Å². The normalized spacial score (nSPS) is 10.5. The van der Waals surface area contributed by atoms with E-state index in [1.54, 1.807) is 31.4 Å². The standard InChI is InChI=1S/C29H28N2O6/c1-21-27(30-28(36-21)23-6-4-3-5-7-23)16-19-35-25-10-8-22(9-11-25)20-31(17-18-32)29(33)37-26-14-12-24(34-2)13-15-26/h3-15,18H,16-17,19-20H2,1-2H3. The van der Waals surface area contributed by atoms with Gasteiger partial charge in [0.1, 0.15) is 29.3 Å². The second-order valence-corrected chi connectivity index (χ2v) is 8.22. The molecule has 0 saturated heterocycles. The average Bonchev–Trinajstić information content (AvgIpc) is 3.30. The van der Waals surface area contributed by atoms with E-state index in [0.717, 1.165) is 22.6 Å². The number of hydrogen-bond donors (Lipinski definition) is 0. The number of rotatable bonds is 11. The van der Waals surface area contributed by atoms with Gasteiger partial charge in [0.2, 0.25) is 5.89 Å². The molecule has 190 valence electrons. The van der Waals surface area contributed by atoms with Crippen molar-refractivity contribution in [3.63, 3.8) is 0 Å². The Morgan fingerprint density at radius 2 is 1.62 bits per heavy atom. The van der Waals surface area contributed by atoms with Gasteiger partial charge in [0, 0.05) is 18.5 Å². The summed E-state index contributed by atoms with van der Waals surface area (Å²) in [6, 6.07) is 23.8. The second-order valence-electron chi connectivity index (χ2n) is 8.22. The topological polar surface area (TPSA) is 91.1 Å². The van der Waals surface area contributed by atoms with E-state index in [2.05, 4.69) is 4.98 Å². The van der Waals surface area contributed by atoms with Gasteiger partial charge >= 0.3 is 6.09 Å². The van der Waals surface area contributed by atoms with Crippen LogP contribution in [0.2, 0.25) is 0 Å². The molecule has 8 heteroatoms. The van der Waals surface area contributed by atoms with E-state index in [9.17, 15) is 9.59 Å². The summed E-state index contributed by atoms with van der Waals surface area (Å²) in [5.41, 5.74) is 2.63. The minimum absolute atomic E-state index is 0.0880. The smallest absolute Gasteiger partial charge is 0.415 e. The molecule has 3 aromatic carbocycles. The Balaban J connectivity index is 1.30. The molecule has 0 aliphatic carbocycles. The van der Waals surface area contributed by atoms with Crippen LogP contribution in [0.15, 0.2) is 83.3 Å². The predicted octanol–water partition coefficient (Wildman–Crippen LogP) is 5.48. The first-order valence-electron chi connectivity index (χ1n) is 11.8. The molecule has 0 radical (unpaired) electrons. The maximum atomic E-state index is 12.6. The number of amides is 1. The monoisotopic (exact) mass is 500 g/mol. The molecule has 0 aliphatic rings. The molecular formula is C29H28N2O6. The summed E-state index contributed by atoms with van der Waals surface area (Å²) in [5.74, 6) is 3.08. The summed E-state index contributed by atoms with van der Waals surface area (Å²) in [7, 11) is 1.56. The summed E-state index contributed by atoms with van der Waals surface area (Å²) in [4.78, 5) is 29.7. The van der Waals surface area contributed by atoms with Crippen LogP contribution in [0.3, 0.4) is 0 Å². The van der Waals surface area contributed by atoms with E-state index < -0.39 is 6.09 Å². The Labute approximate surface area is 215 Å². The van der Waals surface area contributed by atoms with E-state index in [1.165, 1.54) is 4.90 Å². The molecule has 1 amide bonds. The maximum Gasteiger partial charge on any atom is 0.415 e. The number of aryl methyl sites for hydroxylation is 1. The van der Waals surface area contributed by atoms with Crippen molar-refractivity contribution < 1.29 is 28.2 Å². The highest BCUT2D eigenvalue weighted by atomic mass is 16.6. The number of hydrogen-bond acceptors (Lipinski definition) is 7. The third kappa shape index (κ3) is 6.98. The fraction of sp³-hybridized carbons (Fsp3) is 0.207. The molecule has 1 heterocycles. The lowest BCUT2D eigenvalue weighted by molar-refractivity contribution is -0.108. The Morgan fingerprint density at radius 3 is 2.30 bits per heavy atom. The molecule has 0 spiro atoms. The minimum Gasteiger partial charge on any atom is -0.497 e. The number of aromatic nitrogens is 1. The van der Waals surface area contributed by atoms with Gasteiger partial charge in [0.25, 0.3) is 0 Å². The van der Waals surface area contributed by atoms with Gasteiger partial charge in [-0.15, -0.1) is 0 Å². The molecule has 0 unspecified atom stereocenters. The summed E-state index contributed by atoms with van der Waals surface area (Å²) >= 11 is 0. The van der Waals surface area contributed by atoms with Crippen LogP contribution in [-0.4, -0.2) is 42.5 Å². The van der Waals surface area contributed by atoms with Crippen molar-refractivity contribution in [1.29, 1.82) is 0 Å². The van der Waals surface area contributed by atoms with Gasteiger partial charge in [-0.3, -0.25) is 4.90 Å². The number of methoxy groups -OCH3 is 1. The molecule has 4 aromatic rings. The molecule has 0 N–H and O–H groups in total. The molecular weight excluding hydrogens is 472 g/mol. The summed E-state index contributed by atoms with van der Waals surface area (Å²) in [6.45, 7) is 2.46. The van der Waals surface area contributed by atoms with E-state index in [0.29, 0.717) is 42.5 Å². The van der Waals surface area contributed by atoms with Crippen LogP contribution in [0.1, 0.15) is 17.0 Å². The molecule has 0 fully saturated rings. The summed E-state index contributed by atoms with van der Waals surface area (Å²) in [5, 5.41) is 0. The lowest BCUT2D eigenvalue weighted by Gasteiger charge is -2.20. The van der Waals surface area contributed by atoms with E-state index in [-0.39, 0.29) is 13.1 Å². The Hall–Kier alpha value is -4.59. The van der Waals surface area contributed by atoms with Crippen LogP contribution in [-0.2, 0) is 17.8 Å². The van der Waals surface area contributed by atoms with Crippen molar-refractivity contribution in [2.75, 3.05) is 20.3 Å². The fourth-order valence-electron chi connectivity index (χ4n) is 3.64. The van der Waals surface area contributed by atoms with E-state index in [1.807, 2.05) is 61.5 Å². The van der Waals surface area contributed by atoms with Crippen LogP contribution < -0.4 is 14.2 Å². The minimum atomic E-state index is -0.615. The molecule has 37 heavy (non-hydrogen) atoms. The number of ether oxygens (including phenoxy) is 3. The van der Waals surface area contributed by atoms with Crippen molar-refractivity contribution in [2.45, 2.75) is 19.9 Å². The first-order chi connectivity index (χ1) is 18.1. The number of benzene rings is 3. The zero-order chi connectivity index (χ0) is 26.0. The third-order valence-corrected chi connectivity index (χ3v) is 5.64. The highest BCUT2D eigenvalue weighted by Crippen LogP contribution is 2.22. The SMILES string of the molecule is COc1ccc(OC(=O)N(CC=O)Cc2ccc(OCCc3nc(-c4ccccc4)oc3C)cc2)cc1. The second kappa shape index (κ2) is 12.4. The van der Waals surface area contributed by atoms with Gasteiger partial charge in [0.15, 0.2) is 0 Å². The molecule has 1 aromatic heterocycles. The van der Waals surface area contributed by atoms with Crippen LogP contribution in [0.25, 0.3) is 11.5 Å². The highest BCUT2D eigenvalue weighted by molar-refractivity contribution is 5.73. The van der Waals surface area contributed by atoms with Crippen LogP contribution in [0.5, 0.6) is 17.2 Å². The molecule has 0 aliphatic heterocycles.